The van der Waals surface area contributed by atoms with E-state index in [1.807, 2.05) is 0 Å². The zero-order valence-electron chi connectivity index (χ0n) is 9.99. The zero-order valence-corrected chi connectivity index (χ0v) is 11.6. The first kappa shape index (κ1) is 13.5. The van der Waals surface area contributed by atoms with Crippen LogP contribution in [0.4, 0.5) is 15.8 Å². The van der Waals surface area contributed by atoms with Crippen LogP contribution in [0.15, 0.2) is 46.9 Å². The predicted molar refractivity (Wildman–Crippen MR) is 77.3 cm³/mol. The van der Waals surface area contributed by atoms with Crippen LogP contribution in [0.2, 0.25) is 0 Å². The van der Waals surface area contributed by atoms with Crippen LogP contribution in [0.25, 0.3) is 0 Å². The summed E-state index contributed by atoms with van der Waals surface area (Å²) < 4.78 is 14.1. The standard InChI is InChI=1S/C14H12BrFN2O/c15-11-8-10(5-6-13(11)17)18-14(19)7-9-3-1-2-4-12(9)16/h1-6,8H,7,17H2,(H,18,19). The van der Waals surface area contributed by atoms with Gasteiger partial charge in [-0.1, -0.05) is 18.2 Å². The number of nitrogens with two attached hydrogens (primary N) is 1. The Morgan fingerprint density at radius 3 is 2.68 bits per heavy atom. The van der Waals surface area contributed by atoms with Gasteiger partial charge in [0.25, 0.3) is 0 Å². The van der Waals surface area contributed by atoms with E-state index in [-0.39, 0.29) is 18.1 Å². The lowest BCUT2D eigenvalue weighted by Crippen LogP contribution is -2.15. The Morgan fingerprint density at radius 1 is 1.26 bits per heavy atom. The van der Waals surface area contributed by atoms with Crippen molar-refractivity contribution in [3.05, 3.63) is 58.3 Å². The van der Waals surface area contributed by atoms with Crippen molar-refractivity contribution in [2.75, 3.05) is 11.1 Å². The van der Waals surface area contributed by atoms with Crippen LogP contribution >= 0.6 is 15.9 Å². The number of anilines is 2. The third-order valence-corrected chi connectivity index (χ3v) is 3.28. The molecule has 2 aromatic rings. The molecule has 3 N–H and O–H groups in total. The highest BCUT2D eigenvalue weighted by molar-refractivity contribution is 9.10. The molecule has 1 amide bonds. The molecule has 0 saturated carbocycles. The largest absolute Gasteiger partial charge is 0.398 e. The Balaban J connectivity index is 2.05. The summed E-state index contributed by atoms with van der Waals surface area (Å²) in [6, 6.07) is 11.3. The highest BCUT2D eigenvalue weighted by Crippen LogP contribution is 2.23. The number of hydrogen-bond acceptors (Lipinski definition) is 2. The fourth-order valence-electron chi connectivity index (χ4n) is 1.62. The monoisotopic (exact) mass is 322 g/mol. The Labute approximate surface area is 118 Å². The number of rotatable bonds is 3. The van der Waals surface area contributed by atoms with E-state index in [1.54, 1.807) is 36.4 Å². The summed E-state index contributed by atoms with van der Waals surface area (Å²) in [6.45, 7) is 0. The topological polar surface area (TPSA) is 55.1 Å². The molecule has 0 spiro atoms. The molecule has 2 aromatic carbocycles. The van der Waals surface area contributed by atoms with Gasteiger partial charge in [0.2, 0.25) is 5.91 Å². The maximum Gasteiger partial charge on any atom is 0.228 e. The van der Waals surface area contributed by atoms with Crippen LogP contribution in [-0.2, 0) is 11.2 Å². The van der Waals surface area contributed by atoms with Crippen molar-refractivity contribution >= 4 is 33.2 Å². The van der Waals surface area contributed by atoms with Crippen molar-refractivity contribution in [1.29, 1.82) is 0 Å². The van der Waals surface area contributed by atoms with E-state index < -0.39 is 0 Å². The van der Waals surface area contributed by atoms with Crippen LogP contribution in [-0.4, -0.2) is 5.91 Å². The second-order valence-electron chi connectivity index (χ2n) is 4.05. The lowest BCUT2D eigenvalue weighted by Gasteiger charge is -2.07. The molecular weight excluding hydrogens is 311 g/mol. The Kier molecular flexibility index (Phi) is 4.16. The molecule has 0 unspecified atom stereocenters. The fraction of sp³-hybridized carbons (Fsp3) is 0.0714. The Hall–Kier alpha value is -1.88. The van der Waals surface area contributed by atoms with Gasteiger partial charge in [-0.15, -0.1) is 0 Å². The highest BCUT2D eigenvalue weighted by Gasteiger charge is 2.08. The smallest absolute Gasteiger partial charge is 0.228 e. The van der Waals surface area contributed by atoms with Crippen molar-refractivity contribution in [2.45, 2.75) is 6.42 Å². The van der Waals surface area contributed by atoms with Gasteiger partial charge >= 0.3 is 0 Å². The number of carbonyl (C=O) groups is 1. The summed E-state index contributed by atoms with van der Waals surface area (Å²) in [4.78, 5) is 11.8. The van der Waals surface area contributed by atoms with Gasteiger partial charge in [-0.05, 0) is 45.8 Å². The van der Waals surface area contributed by atoms with Gasteiger partial charge in [-0.2, -0.15) is 0 Å². The van der Waals surface area contributed by atoms with Crippen molar-refractivity contribution in [1.82, 2.24) is 0 Å². The molecule has 0 bridgehead atoms. The molecule has 0 radical (unpaired) electrons. The maximum atomic E-state index is 13.4. The first-order valence-electron chi connectivity index (χ1n) is 5.64. The minimum atomic E-state index is -0.379. The molecule has 3 nitrogen and oxygen atoms in total. The highest BCUT2D eigenvalue weighted by atomic mass is 79.9. The number of nitrogens with one attached hydrogen (secondary N) is 1. The first-order chi connectivity index (χ1) is 9.06. The number of nitrogen functional groups attached to an aromatic ring is 1. The van der Waals surface area contributed by atoms with E-state index in [0.717, 1.165) is 0 Å². The van der Waals surface area contributed by atoms with Gasteiger partial charge in [0.05, 0.1) is 6.42 Å². The number of halogens is 2. The van der Waals surface area contributed by atoms with Crippen LogP contribution in [0, 0.1) is 5.82 Å². The lowest BCUT2D eigenvalue weighted by atomic mass is 10.1. The third-order valence-electron chi connectivity index (χ3n) is 2.59. The summed E-state index contributed by atoms with van der Waals surface area (Å²) in [5.41, 5.74) is 7.23. The second kappa shape index (κ2) is 5.84. The van der Waals surface area contributed by atoms with Crippen molar-refractivity contribution in [2.24, 2.45) is 0 Å². The molecule has 0 aliphatic heterocycles. The molecule has 98 valence electrons. The molecule has 19 heavy (non-hydrogen) atoms. The summed E-state index contributed by atoms with van der Waals surface area (Å²) >= 11 is 3.28. The van der Waals surface area contributed by atoms with Crippen LogP contribution in [0.5, 0.6) is 0 Å². The normalized spacial score (nSPS) is 10.2. The number of carbonyl (C=O) groups excluding carboxylic acids is 1. The number of hydrogen-bond donors (Lipinski definition) is 2. The van der Waals surface area contributed by atoms with Gasteiger partial charge in [-0.3, -0.25) is 4.79 Å². The predicted octanol–water partition coefficient (Wildman–Crippen LogP) is 3.35. The van der Waals surface area contributed by atoms with E-state index in [0.29, 0.717) is 21.4 Å². The summed E-state index contributed by atoms with van der Waals surface area (Å²) in [7, 11) is 0. The first-order valence-corrected chi connectivity index (χ1v) is 6.44. The van der Waals surface area contributed by atoms with Gasteiger partial charge in [0, 0.05) is 15.8 Å². The summed E-state index contributed by atoms with van der Waals surface area (Å²) in [5, 5.41) is 2.69. The van der Waals surface area contributed by atoms with Crippen molar-refractivity contribution in [3.8, 4) is 0 Å². The maximum absolute atomic E-state index is 13.4. The summed E-state index contributed by atoms with van der Waals surface area (Å²) in [5.74, 6) is -0.655. The van der Waals surface area contributed by atoms with Crippen molar-refractivity contribution < 1.29 is 9.18 Å². The van der Waals surface area contributed by atoms with Crippen molar-refractivity contribution in [3.63, 3.8) is 0 Å². The molecule has 0 heterocycles. The van der Waals surface area contributed by atoms with Gasteiger partial charge in [0.1, 0.15) is 5.82 Å². The average Bonchev–Trinajstić information content (AvgIpc) is 2.37. The zero-order chi connectivity index (χ0) is 13.8. The quantitative estimate of drug-likeness (QED) is 0.851. The molecule has 0 aromatic heterocycles. The minimum Gasteiger partial charge on any atom is -0.398 e. The van der Waals surface area contributed by atoms with E-state index in [1.165, 1.54) is 6.07 Å². The van der Waals surface area contributed by atoms with E-state index in [4.69, 9.17) is 5.73 Å². The molecular formula is C14H12BrFN2O. The van der Waals surface area contributed by atoms with Gasteiger partial charge in [-0.25, -0.2) is 4.39 Å². The minimum absolute atomic E-state index is 0.00529. The molecule has 0 aliphatic rings. The van der Waals surface area contributed by atoms with E-state index in [2.05, 4.69) is 21.2 Å². The number of amides is 1. The molecule has 0 aliphatic carbocycles. The molecule has 0 atom stereocenters. The van der Waals surface area contributed by atoms with E-state index >= 15 is 0 Å². The van der Waals surface area contributed by atoms with Crippen LogP contribution < -0.4 is 11.1 Å². The second-order valence-corrected chi connectivity index (χ2v) is 4.91. The van der Waals surface area contributed by atoms with Gasteiger partial charge in [0.15, 0.2) is 0 Å². The average molecular weight is 323 g/mol. The fourth-order valence-corrected chi connectivity index (χ4v) is 2.00. The van der Waals surface area contributed by atoms with Crippen LogP contribution in [0.1, 0.15) is 5.56 Å². The van der Waals surface area contributed by atoms with Crippen LogP contribution in [0.3, 0.4) is 0 Å². The summed E-state index contributed by atoms with van der Waals surface area (Å²) in [6.07, 6.45) is -0.00529. The third kappa shape index (κ3) is 3.54. The molecule has 5 heteroatoms. The Bertz CT molecular complexity index is 616. The number of benzene rings is 2. The lowest BCUT2D eigenvalue weighted by molar-refractivity contribution is -0.115. The SMILES string of the molecule is Nc1ccc(NC(=O)Cc2ccccc2F)cc1Br. The molecule has 2 rings (SSSR count). The molecule has 0 fully saturated rings. The Morgan fingerprint density at radius 2 is 2.00 bits per heavy atom. The van der Waals surface area contributed by atoms with Gasteiger partial charge < -0.3 is 11.1 Å². The molecule has 0 saturated heterocycles. The van der Waals surface area contributed by atoms with E-state index in [9.17, 15) is 9.18 Å².